The molecule has 6 nitrogen and oxygen atoms in total. The fourth-order valence-electron chi connectivity index (χ4n) is 3.53. The number of Topliss-reactive ketones (excluding diaryl/α,β-unsaturated/α-hetero) is 1. The second kappa shape index (κ2) is 9.98. The zero-order valence-corrected chi connectivity index (χ0v) is 18.4. The van der Waals surface area contributed by atoms with E-state index in [1.807, 2.05) is 73.0 Å². The molecule has 6 heteroatoms. The predicted molar refractivity (Wildman–Crippen MR) is 122 cm³/mol. The number of ketones is 1. The maximum Gasteiger partial charge on any atom is 0.226 e. The zero-order valence-electron chi connectivity index (χ0n) is 18.4. The highest BCUT2D eigenvalue weighted by Crippen LogP contribution is 2.28. The van der Waals surface area contributed by atoms with Crippen LogP contribution in [-0.4, -0.2) is 30.0 Å². The van der Waals surface area contributed by atoms with Crippen molar-refractivity contribution >= 4 is 17.4 Å². The fraction of sp³-hybridized carbons (Fsp3) is 0.280. The van der Waals surface area contributed by atoms with Crippen LogP contribution in [0.5, 0.6) is 11.5 Å². The van der Waals surface area contributed by atoms with Crippen molar-refractivity contribution in [3.8, 4) is 22.8 Å². The van der Waals surface area contributed by atoms with E-state index in [0.717, 1.165) is 34.1 Å². The lowest BCUT2D eigenvalue weighted by molar-refractivity contribution is -0.116. The van der Waals surface area contributed by atoms with Crippen LogP contribution < -0.4 is 14.8 Å². The van der Waals surface area contributed by atoms with Gasteiger partial charge in [-0.15, -0.1) is 0 Å². The third-order valence-electron chi connectivity index (χ3n) is 5.14. The third-order valence-corrected chi connectivity index (χ3v) is 5.14. The van der Waals surface area contributed by atoms with Crippen LogP contribution in [0.1, 0.15) is 36.3 Å². The molecule has 0 aliphatic heterocycles. The van der Waals surface area contributed by atoms with Gasteiger partial charge >= 0.3 is 0 Å². The summed E-state index contributed by atoms with van der Waals surface area (Å²) >= 11 is 0. The number of ether oxygens (including phenoxy) is 2. The zero-order chi connectivity index (χ0) is 22.4. The number of rotatable bonds is 9. The van der Waals surface area contributed by atoms with Gasteiger partial charge in [0, 0.05) is 35.6 Å². The Kier molecular flexibility index (Phi) is 7.13. The topological polar surface area (TPSA) is 69.6 Å². The number of methoxy groups -OCH3 is 1. The minimum absolute atomic E-state index is 0.00449. The number of nitrogens with zero attached hydrogens (tertiary/aromatic N) is 1. The lowest BCUT2D eigenvalue weighted by atomic mass is 10.1. The van der Waals surface area contributed by atoms with Gasteiger partial charge in [0.1, 0.15) is 11.5 Å². The molecule has 3 aromatic rings. The van der Waals surface area contributed by atoms with Gasteiger partial charge in [-0.1, -0.05) is 0 Å². The Morgan fingerprint density at radius 1 is 1.00 bits per heavy atom. The number of carbonyl (C=O) groups is 2. The molecular weight excluding hydrogens is 392 g/mol. The molecule has 31 heavy (non-hydrogen) atoms. The molecule has 0 fully saturated rings. The second-order valence-corrected chi connectivity index (χ2v) is 7.22. The summed E-state index contributed by atoms with van der Waals surface area (Å²) in [5.74, 6) is 1.44. The molecule has 0 unspecified atom stereocenters. The standard InChI is InChI=1S/C25H28N2O4/c1-5-31-22-12-8-20(9-13-22)26-25(29)14-15-27-17(2)23(18(3)28)16-24(27)19-6-10-21(30-4)11-7-19/h6-13,16H,5,14-15H2,1-4H3,(H,26,29). The summed E-state index contributed by atoms with van der Waals surface area (Å²) in [5.41, 5.74) is 4.10. The lowest BCUT2D eigenvalue weighted by Crippen LogP contribution is -2.15. The Hall–Kier alpha value is -3.54. The van der Waals surface area contributed by atoms with Crippen molar-refractivity contribution in [1.29, 1.82) is 0 Å². The van der Waals surface area contributed by atoms with Crippen molar-refractivity contribution < 1.29 is 19.1 Å². The maximum atomic E-state index is 12.5. The van der Waals surface area contributed by atoms with Gasteiger partial charge in [-0.05, 0) is 80.9 Å². The molecule has 1 heterocycles. The number of amides is 1. The number of anilines is 1. The highest BCUT2D eigenvalue weighted by atomic mass is 16.5. The first-order valence-electron chi connectivity index (χ1n) is 10.3. The Morgan fingerprint density at radius 2 is 1.65 bits per heavy atom. The van der Waals surface area contributed by atoms with Crippen LogP contribution in [0.4, 0.5) is 5.69 Å². The summed E-state index contributed by atoms with van der Waals surface area (Å²) in [6.07, 6.45) is 0.281. The van der Waals surface area contributed by atoms with Gasteiger partial charge in [-0.3, -0.25) is 9.59 Å². The molecule has 3 rings (SSSR count). The van der Waals surface area contributed by atoms with Gasteiger partial charge in [-0.2, -0.15) is 0 Å². The average molecular weight is 421 g/mol. The minimum Gasteiger partial charge on any atom is -0.497 e. The van der Waals surface area contributed by atoms with Crippen molar-refractivity contribution in [2.75, 3.05) is 19.0 Å². The molecule has 1 aromatic heterocycles. The van der Waals surface area contributed by atoms with Gasteiger partial charge in [-0.25, -0.2) is 0 Å². The van der Waals surface area contributed by atoms with E-state index >= 15 is 0 Å². The van der Waals surface area contributed by atoms with Crippen molar-refractivity contribution in [2.24, 2.45) is 0 Å². The number of benzene rings is 2. The first-order valence-corrected chi connectivity index (χ1v) is 10.3. The van der Waals surface area contributed by atoms with E-state index in [4.69, 9.17) is 9.47 Å². The average Bonchev–Trinajstić information content (AvgIpc) is 3.10. The summed E-state index contributed by atoms with van der Waals surface area (Å²) in [6.45, 7) is 6.46. The van der Waals surface area contributed by atoms with Crippen LogP contribution in [0.2, 0.25) is 0 Å². The molecule has 0 bridgehead atoms. The van der Waals surface area contributed by atoms with Crippen LogP contribution >= 0.6 is 0 Å². The normalized spacial score (nSPS) is 10.6. The molecule has 0 saturated heterocycles. The van der Waals surface area contributed by atoms with Gasteiger partial charge in [0.2, 0.25) is 5.91 Å². The Balaban J connectivity index is 1.76. The van der Waals surface area contributed by atoms with Crippen LogP contribution in [-0.2, 0) is 11.3 Å². The summed E-state index contributed by atoms with van der Waals surface area (Å²) in [5, 5.41) is 2.91. The van der Waals surface area contributed by atoms with E-state index in [-0.39, 0.29) is 18.1 Å². The van der Waals surface area contributed by atoms with Crippen LogP contribution in [0.3, 0.4) is 0 Å². The number of hydrogen-bond donors (Lipinski definition) is 1. The van der Waals surface area contributed by atoms with Gasteiger partial charge in [0.25, 0.3) is 0 Å². The van der Waals surface area contributed by atoms with Crippen LogP contribution in [0.25, 0.3) is 11.3 Å². The number of nitrogens with one attached hydrogen (secondary N) is 1. The molecule has 0 spiro atoms. The summed E-state index contributed by atoms with van der Waals surface area (Å²) < 4.78 is 12.7. The molecule has 0 radical (unpaired) electrons. The molecule has 0 atom stereocenters. The number of hydrogen-bond acceptors (Lipinski definition) is 4. The molecule has 162 valence electrons. The van der Waals surface area contributed by atoms with E-state index in [9.17, 15) is 9.59 Å². The maximum absolute atomic E-state index is 12.5. The number of aromatic nitrogens is 1. The molecule has 2 aromatic carbocycles. The van der Waals surface area contributed by atoms with E-state index in [1.54, 1.807) is 14.0 Å². The fourth-order valence-corrected chi connectivity index (χ4v) is 3.53. The van der Waals surface area contributed by atoms with E-state index in [0.29, 0.717) is 18.7 Å². The Morgan fingerprint density at radius 3 is 2.23 bits per heavy atom. The van der Waals surface area contributed by atoms with E-state index in [1.165, 1.54) is 0 Å². The third kappa shape index (κ3) is 5.34. The lowest BCUT2D eigenvalue weighted by Gasteiger charge is -2.13. The van der Waals surface area contributed by atoms with Crippen LogP contribution in [0, 0.1) is 6.92 Å². The van der Waals surface area contributed by atoms with Crippen molar-refractivity contribution in [3.63, 3.8) is 0 Å². The molecule has 0 aliphatic rings. The summed E-state index contributed by atoms with van der Waals surface area (Å²) in [4.78, 5) is 24.6. The highest BCUT2D eigenvalue weighted by molar-refractivity contribution is 5.97. The second-order valence-electron chi connectivity index (χ2n) is 7.22. The predicted octanol–water partition coefficient (Wildman–Crippen LogP) is 5.10. The van der Waals surface area contributed by atoms with Gasteiger partial charge in [0.15, 0.2) is 5.78 Å². The van der Waals surface area contributed by atoms with Crippen molar-refractivity contribution in [1.82, 2.24) is 4.57 Å². The van der Waals surface area contributed by atoms with Crippen molar-refractivity contribution in [2.45, 2.75) is 33.7 Å². The van der Waals surface area contributed by atoms with E-state index < -0.39 is 0 Å². The summed E-state index contributed by atoms with van der Waals surface area (Å²) in [7, 11) is 1.62. The van der Waals surface area contributed by atoms with Gasteiger partial charge in [0.05, 0.1) is 13.7 Å². The molecule has 1 N–H and O–H groups in total. The highest BCUT2D eigenvalue weighted by Gasteiger charge is 2.17. The molecule has 0 saturated carbocycles. The Bertz CT molecular complexity index is 1050. The minimum atomic E-state index is -0.0951. The van der Waals surface area contributed by atoms with Crippen molar-refractivity contribution in [3.05, 3.63) is 65.9 Å². The largest absolute Gasteiger partial charge is 0.497 e. The molecule has 1 amide bonds. The Labute approximate surface area is 182 Å². The van der Waals surface area contributed by atoms with Gasteiger partial charge < -0.3 is 19.4 Å². The number of carbonyl (C=O) groups excluding carboxylic acids is 2. The quantitative estimate of drug-likeness (QED) is 0.489. The SMILES string of the molecule is CCOc1ccc(NC(=O)CCn2c(-c3ccc(OC)cc3)cc(C(C)=O)c2C)cc1. The summed E-state index contributed by atoms with van der Waals surface area (Å²) in [6, 6.07) is 16.9. The van der Waals surface area contributed by atoms with Crippen LogP contribution in [0.15, 0.2) is 54.6 Å². The molecular formula is C25H28N2O4. The first kappa shape index (κ1) is 22.2. The first-order chi connectivity index (χ1) is 14.9. The molecule has 0 aliphatic carbocycles. The monoisotopic (exact) mass is 420 g/mol. The van der Waals surface area contributed by atoms with E-state index in [2.05, 4.69) is 5.32 Å². The smallest absolute Gasteiger partial charge is 0.226 e.